The van der Waals surface area contributed by atoms with Gasteiger partial charge in [-0.1, -0.05) is 42.0 Å². The lowest BCUT2D eigenvalue weighted by Crippen LogP contribution is -2.33. The summed E-state index contributed by atoms with van der Waals surface area (Å²) in [4.78, 5) is 14.6. The first-order chi connectivity index (χ1) is 10.1. The average Bonchev–Trinajstić information content (AvgIpc) is 2.51. The Morgan fingerprint density at radius 2 is 1.86 bits per heavy atom. The molecular formula is C18H20BrNO. The molecule has 2 aromatic carbocycles. The van der Waals surface area contributed by atoms with Crippen molar-refractivity contribution in [1.29, 1.82) is 0 Å². The van der Waals surface area contributed by atoms with Gasteiger partial charge < -0.3 is 4.90 Å². The van der Waals surface area contributed by atoms with Crippen LogP contribution < -0.4 is 0 Å². The number of carbonyl (C=O) groups is 1. The highest BCUT2D eigenvalue weighted by Crippen LogP contribution is 2.20. The fourth-order valence-electron chi connectivity index (χ4n) is 2.29. The van der Waals surface area contributed by atoms with Crippen molar-refractivity contribution in [3.8, 4) is 0 Å². The van der Waals surface area contributed by atoms with Crippen LogP contribution in [0.15, 0.2) is 53.0 Å². The van der Waals surface area contributed by atoms with E-state index in [0.29, 0.717) is 6.54 Å². The van der Waals surface area contributed by atoms with E-state index in [1.165, 1.54) is 5.56 Å². The quantitative estimate of drug-likeness (QED) is 0.783. The summed E-state index contributed by atoms with van der Waals surface area (Å²) in [6, 6.07) is 16.2. The van der Waals surface area contributed by atoms with Gasteiger partial charge in [0.15, 0.2) is 0 Å². The number of amides is 1. The molecule has 2 nitrogen and oxygen atoms in total. The van der Waals surface area contributed by atoms with Gasteiger partial charge in [0.05, 0.1) is 5.56 Å². The monoisotopic (exact) mass is 345 g/mol. The van der Waals surface area contributed by atoms with E-state index in [2.05, 4.69) is 28.1 Å². The number of hydrogen-bond acceptors (Lipinski definition) is 1. The minimum atomic E-state index is 0.0870. The van der Waals surface area contributed by atoms with Crippen molar-refractivity contribution in [3.05, 3.63) is 69.7 Å². The maximum atomic E-state index is 12.7. The summed E-state index contributed by atoms with van der Waals surface area (Å²) >= 11 is 3.48. The number of halogens is 1. The third-order valence-electron chi connectivity index (χ3n) is 3.53. The molecule has 0 heterocycles. The first-order valence-corrected chi connectivity index (χ1v) is 8.00. The highest BCUT2D eigenvalue weighted by Gasteiger charge is 2.16. The second kappa shape index (κ2) is 7.41. The molecule has 0 unspecified atom stereocenters. The first kappa shape index (κ1) is 15.8. The van der Waals surface area contributed by atoms with E-state index in [9.17, 15) is 4.79 Å². The molecule has 0 atom stereocenters. The van der Waals surface area contributed by atoms with Crippen molar-refractivity contribution in [3.63, 3.8) is 0 Å². The molecule has 2 aromatic rings. The molecule has 0 N–H and O–H groups in total. The SMILES string of the molecule is CCN(CCc1ccccc1)C(=O)c1cc(C)ccc1Br. The van der Waals surface area contributed by atoms with Gasteiger partial charge in [0.25, 0.3) is 5.91 Å². The fraction of sp³-hybridized carbons (Fsp3) is 0.278. The number of likely N-dealkylation sites (N-methyl/N-ethyl adjacent to an activating group) is 1. The van der Waals surface area contributed by atoms with Crippen LogP contribution in [0.5, 0.6) is 0 Å². The second-order valence-electron chi connectivity index (χ2n) is 5.10. The van der Waals surface area contributed by atoms with Gasteiger partial charge in [0.1, 0.15) is 0 Å². The van der Waals surface area contributed by atoms with Gasteiger partial charge in [-0.3, -0.25) is 4.79 Å². The number of benzene rings is 2. The number of aryl methyl sites for hydroxylation is 1. The van der Waals surface area contributed by atoms with Gasteiger partial charge in [-0.15, -0.1) is 0 Å². The summed E-state index contributed by atoms with van der Waals surface area (Å²) in [5.41, 5.74) is 3.10. The molecule has 110 valence electrons. The Bertz CT molecular complexity index is 610. The van der Waals surface area contributed by atoms with E-state index < -0.39 is 0 Å². The number of nitrogens with zero attached hydrogens (tertiary/aromatic N) is 1. The molecule has 0 fully saturated rings. The van der Waals surface area contributed by atoms with Crippen molar-refractivity contribution >= 4 is 21.8 Å². The average molecular weight is 346 g/mol. The smallest absolute Gasteiger partial charge is 0.255 e. The molecule has 0 aliphatic heterocycles. The molecule has 0 aliphatic rings. The fourth-order valence-corrected chi connectivity index (χ4v) is 2.70. The van der Waals surface area contributed by atoms with Crippen LogP contribution in [-0.2, 0) is 6.42 Å². The molecule has 21 heavy (non-hydrogen) atoms. The maximum Gasteiger partial charge on any atom is 0.255 e. The lowest BCUT2D eigenvalue weighted by atomic mass is 10.1. The second-order valence-corrected chi connectivity index (χ2v) is 5.96. The summed E-state index contributed by atoms with van der Waals surface area (Å²) in [6.07, 6.45) is 0.879. The minimum Gasteiger partial charge on any atom is -0.339 e. The Hall–Kier alpha value is -1.61. The van der Waals surface area contributed by atoms with Crippen LogP contribution >= 0.6 is 15.9 Å². The molecule has 0 saturated heterocycles. The Kier molecular flexibility index (Phi) is 5.57. The van der Waals surface area contributed by atoms with Gasteiger partial charge in [0.2, 0.25) is 0 Å². The zero-order valence-electron chi connectivity index (χ0n) is 12.5. The van der Waals surface area contributed by atoms with Crippen LogP contribution in [0.2, 0.25) is 0 Å². The standard InChI is InChI=1S/C18H20BrNO/c1-3-20(12-11-15-7-5-4-6-8-15)18(21)16-13-14(2)9-10-17(16)19/h4-10,13H,3,11-12H2,1-2H3. The zero-order valence-corrected chi connectivity index (χ0v) is 14.1. The Morgan fingerprint density at radius 3 is 2.52 bits per heavy atom. The molecule has 0 saturated carbocycles. The lowest BCUT2D eigenvalue weighted by molar-refractivity contribution is 0.0765. The Morgan fingerprint density at radius 1 is 1.14 bits per heavy atom. The van der Waals surface area contributed by atoms with E-state index >= 15 is 0 Å². The van der Waals surface area contributed by atoms with Crippen molar-refractivity contribution in [2.24, 2.45) is 0 Å². The number of rotatable bonds is 5. The molecule has 0 radical (unpaired) electrons. The van der Waals surface area contributed by atoms with Gasteiger partial charge in [-0.25, -0.2) is 0 Å². The van der Waals surface area contributed by atoms with Gasteiger partial charge >= 0.3 is 0 Å². The van der Waals surface area contributed by atoms with E-state index in [-0.39, 0.29) is 5.91 Å². The van der Waals surface area contributed by atoms with Crippen LogP contribution in [0.3, 0.4) is 0 Å². The molecule has 1 amide bonds. The van der Waals surface area contributed by atoms with Crippen LogP contribution in [-0.4, -0.2) is 23.9 Å². The summed E-state index contributed by atoms with van der Waals surface area (Å²) in [6.45, 7) is 5.47. The topological polar surface area (TPSA) is 20.3 Å². The number of carbonyl (C=O) groups excluding carboxylic acids is 1. The number of hydrogen-bond donors (Lipinski definition) is 0. The van der Waals surface area contributed by atoms with Gasteiger partial charge in [-0.05, 0) is 53.9 Å². The van der Waals surface area contributed by atoms with E-state index in [1.54, 1.807) is 0 Å². The van der Waals surface area contributed by atoms with Crippen molar-refractivity contribution in [2.45, 2.75) is 20.3 Å². The molecule has 0 bridgehead atoms. The minimum absolute atomic E-state index is 0.0870. The summed E-state index contributed by atoms with van der Waals surface area (Å²) in [7, 11) is 0. The van der Waals surface area contributed by atoms with Gasteiger partial charge in [0, 0.05) is 17.6 Å². The third kappa shape index (κ3) is 4.18. The van der Waals surface area contributed by atoms with Gasteiger partial charge in [-0.2, -0.15) is 0 Å². The Balaban J connectivity index is 2.10. The summed E-state index contributed by atoms with van der Waals surface area (Å²) in [5, 5.41) is 0. The van der Waals surface area contributed by atoms with Crippen LogP contribution in [0.1, 0.15) is 28.4 Å². The molecule has 3 heteroatoms. The van der Waals surface area contributed by atoms with E-state index in [1.807, 2.05) is 55.1 Å². The predicted octanol–water partition coefficient (Wildman–Crippen LogP) is 4.46. The molecule has 2 rings (SSSR count). The lowest BCUT2D eigenvalue weighted by Gasteiger charge is -2.22. The largest absolute Gasteiger partial charge is 0.339 e. The molecular weight excluding hydrogens is 326 g/mol. The molecule has 0 aromatic heterocycles. The van der Waals surface area contributed by atoms with Crippen LogP contribution in [0.4, 0.5) is 0 Å². The van der Waals surface area contributed by atoms with Crippen molar-refractivity contribution in [2.75, 3.05) is 13.1 Å². The summed E-state index contributed by atoms with van der Waals surface area (Å²) < 4.78 is 0.858. The van der Waals surface area contributed by atoms with Crippen LogP contribution in [0, 0.1) is 6.92 Å². The Labute approximate surface area is 134 Å². The highest BCUT2D eigenvalue weighted by atomic mass is 79.9. The van der Waals surface area contributed by atoms with Crippen molar-refractivity contribution in [1.82, 2.24) is 4.90 Å². The normalized spacial score (nSPS) is 10.4. The van der Waals surface area contributed by atoms with E-state index in [0.717, 1.165) is 28.6 Å². The maximum absolute atomic E-state index is 12.7. The predicted molar refractivity (Wildman–Crippen MR) is 90.6 cm³/mol. The zero-order chi connectivity index (χ0) is 15.2. The first-order valence-electron chi connectivity index (χ1n) is 7.21. The van der Waals surface area contributed by atoms with Crippen LogP contribution in [0.25, 0.3) is 0 Å². The molecule has 0 spiro atoms. The third-order valence-corrected chi connectivity index (χ3v) is 4.23. The highest BCUT2D eigenvalue weighted by molar-refractivity contribution is 9.10. The summed E-state index contributed by atoms with van der Waals surface area (Å²) in [5.74, 6) is 0.0870. The van der Waals surface area contributed by atoms with E-state index in [4.69, 9.17) is 0 Å². The van der Waals surface area contributed by atoms with Crippen molar-refractivity contribution < 1.29 is 4.79 Å². The molecule has 0 aliphatic carbocycles.